The maximum atomic E-state index is 12.5. The second-order valence-corrected chi connectivity index (χ2v) is 7.04. The Morgan fingerprint density at radius 1 is 1.08 bits per heavy atom. The minimum atomic E-state index is -3.73. The Labute approximate surface area is 142 Å². The number of benzene rings is 2. The van der Waals surface area contributed by atoms with Crippen molar-refractivity contribution in [2.24, 2.45) is 0 Å². The number of aryl methyl sites for hydroxylation is 1. The van der Waals surface area contributed by atoms with Gasteiger partial charge in [-0.25, -0.2) is 13.5 Å². The standard InChI is InChI=1S/C17H20N2O4S/c1-12-6-5-7-16(13(12)2)18-24(21,22)15-10-8-14(9-11-15)17(20)19(3)23-4/h5-11,18H,1-4H3. The minimum Gasteiger partial charge on any atom is -0.279 e. The summed E-state index contributed by atoms with van der Waals surface area (Å²) in [7, 11) is -0.866. The fraction of sp³-hybridized carbons (Fsp3) is 0.235. The first-order valence-electron chi connectivity index (χ1n) is 7.27. The minimum absolute atomic E-state index is 0.0834. The van der Waals surface area contributed by atoms with Gasteiger partial charge < -0.3 is 0 Å². The molecule has 0 spiro atoms. The van der Waals surface area contributed by atoms with E-state index in [0.29, 0.717) is 11.3 Å². The number of nitrogens with zero attached hydrogens (tertiary/aromatic N) is 1. The number of carbonyl (C=O) groups is 1. The summed E-state index contributed by atoms with van der Waals surface area (Å²) in [5.74, 6) is -0.357. The number of nitrogens with one attached hydrogen (secondary N) is 1. The van der Waals surface area contributed by atoms with Crippen LogP contribution in [0.15, 0.2) is 47.4 Å². The van der Waals surface area contributed by atoms with Gasteiger partial charge in [0.05, 0.1) is 17.7 Å². The number of sulfonamides is 1. The van der Waals surface area contributed by atoms with E-state index in [1.165, 1.54) is 38.4 Å². The van der Waals surface area contributed by atoms with Crippen LogP contribution < -0.4 is 4.72 Å². The topological polar surface area (TPSA) is 75.7 Å². The maximum absolute atomic E-state index is 12.5. The molecule has 0 radical (unpaired) electrons. The quantitative estimate of drug-likeness (QED) is 0.843. The molecule has 1 N–H and O–H groups in total. The Balaban J connectivity index is 2.27. The number of anilines is 1. The van der Waals surface area contributed by atoms with E-state index in [9.17, 15) is 13.2 Å². The molecule has 0 fully saturated rings. The zero-order valence-corrected chi connectivity index (χ0v) is 14.8. The molecule has 0 aliphatic rings. The van der Waals surface area contributed by atoms with Crippen LogP contribution in [0.4, 0.5) is 5.69 Å². The molecule has 0 heterocycles. The van der Waals surface area contributed by atoms with Gasteiger partial charge in [0.15, 0.2) is 0 Å². The highest BCUT2D eigenvalue weighted by Gasteiger charge is 2.17. The Hall–Kier alpha value is -2.38. The number of rotatable bonds is 5. The van der Waals surface area contributed by atoms with Crippen LogP contribution in [0.5, 0.6) is 0 Å². The Morgan fingerprint density at radius 2 is 1.71 bits per heavy atom. The third-order valence-electron chi connectivity index (χ3n) is 3.82. The van der Waals surface area contributed by atoms with Crippen LogP contribution in [-0.2, 0) is 14.9 Å². The molecule has 0 aliphatic carbocycles. The number of amides is 1. The molecule has 0 bridgehead atoms. The van der Waals surface area contributed by atoms with Gasteiger partial charge in [-0.1, -0.05) is 12.1 Å². The van der Waals surface area contributed by atoms with E-state index in [4.69, 9.17) is 4.84 Å². The Kier molecular flexibility index (Phi) is 5.26. The van der Waals surface area contributed by atoms with Crippen molar-refractivity contribution in [1.29, 1.82) is 0 Å². The molecule has 0 aromatic heterocycles. The first-order valence-corrected chi connectivity index (χ1v) is 8.76. The van der Waals surface area contributed by atoms with E-state index in [1.54, 1.807) is 12.1 Å². The Morgan fingerprint density at radius 3 is 2.29 bits per heavy atom. The molecule has 2 rings (SSSR count). The van der Waals surface area contributed by atoms with Gasteiger partial charge in [0.1, 0.15) is 0 Å². The summed E-state index contributed by atoms with van der Waals surface area (Å²) in [6, 6.07) is 11.1. The maximum Gasteiger partial charge on any atom is 0.277 e. The third-order valence-corrected chi connectivity index (χ3v) is 5.20. The summed E-state index contributed by atoms with van der Waals surface area (Å²) in [5.41, 5.74) is 2.74. The number of carbonyl (C=O) groups excluding carboxylic acids is 1. The molecule has 0 saturated carbocycles. The lowest BCUT2D eigenvalue weighted by molar-refractivity contribution is -0.0757. The second-order valence-electron chi connectivity index (χ2n) is 5.36. The summed E-state index contributed by atoms with van der Waals surface area (Å²) in [6.45, 7) is 3.77. The van der Waals surface area contributed by atoms with Gasteiger partial charge in [-0.3, -0.25) is 14.4 Å². The van der Waals surface area contributed by atoms with Gasteiger partial charge in [0.25, 0.3) is 15.9 Å². The van der Waals surface area contributed by atoms with E-state index in [-0.39, 0.29) is 10.8 Å². The van der Waals surface area contributed by atoms with Crippen LogP contribution in [0.2, 0.25) is 0 Å². The van der Waals surface area contributed by atoms with Crippen LogP contribution in [0.1, 0.15) is 21.5 Å². The average Bonchev–Trinajstić information content (AvgIpc) is 2.57. The van der Waals surface area contributed by atoms with E-state index >= 15 is 0 Å². The lowest BCUT2D eigenvalue weighted by Crippen LogP contribution is -2.25. The molecular weight excluding hydrogens is 328 g/mol. The molecule has 0 saturated heterocycles. The molecule has 0 unspecified atom stereocenters. The number of hydrogen-bond donors (Lipinski definition) is 1. The lowest BCUT2D eigenvalue weighted by Gasteiger charge is -2.14. The van der Waals surface area contributed by atoms with Crippen LogP contribution >= 0.6 is 0 Å². The van der Waals surface area contributed by atoms with Crippen LogP contribution in [-0.4, -0.2) is 33.5 Å². The summed E-state index contributed by atoms with van der Waals surface area (Å²) < 4.78 is 27.6. The predicted octanol–water partition coefficient (Wildman–Crippen LogP) is 2.74. The molecule has 2 aromatic carbocycles. The highest BCUT2D eigenvalue weighted by atomic mass is 32.2. The van der Waals surface area contributed by atoms with Crippen LogP contribution in [0, 0.1) is 13.8 Å². The van der Waals surface area contributed by atoms with E-state index in [2.05, 4.69) is 4.72 Å². The van der Waals surface area contributed by atoms with Gasteiger partial charge in [-0.2, -0.15) is 0 Å². The SMILES string of the molecule is CON(C)C(=O)c1ccc(S(=O)(=O)Nc2cccc(C)c2C)cc1. The predicted molar refractivity (Wildman–Crippen MR) is 92.3 cm³/mol. The smallest absolute Gasteiger partial charge is 0.277 e. The zero-order valence-electron chi connectivity index (χ0n) is 14.0. The molecule has 24 heavy (non-hydrogen) atoms. The average molecular weight is 348 g/mol. The molecule has 0 aliphatic heterocycles. The van der Waals surface area contributed by atoms with Crippen LogP contribution in [0.25, 0.3) is 0 Å². The molecule has 6 nitrogen and oxygen atoms in total. The van der Waals surface area contributed by atoms with Gasteiger partial charge in [-0.15, -0.1) is 0 Å². The molecule has 1 amide bonds. The number of hydrogen-bond acceptors (Lipinski definition) is 4. The molecular formula is C17H20N2O4S. The highest BCUT2D eigenvalue weighted by molar-refractivity contribution is 7.92. The van der Waals surface area contributed by atoms with Gasteiger partial charge in [0, 0.05) is 12.6 Å². The second kappa shape index (κ2) is 7.02. The zero-order chi connectivity index (χ0) is 17.9. The van der Waals surface area contributed by atoms with Crippen LogP contribution in [0.3, 0.4) is 0 Å². The molecule has 128 valence electrons. The largest absolute Gasteiger partial charge is 0.279 e. The van der Waals surface area contributed by atoms with Gasteiger partial charge in [0.2, 0.25) is 0 Å². The third kappa shape index (κ3) is 3.74. The highest BCUT2D eigenvalue weighted by Crippen LogP contribution is 2.22. The summed E-state index contributed by atoms with van der Waals surface area (Å²) in [6.07, 6.45) is 0. The van der Waals surface area contributed by atoms with Crippen molar-refractivity contribution in [2.75, 3.05) is 18.9 Å². The van der Waals surface area contributed by atoms with Crippen molar-refractivity contribution in [3.63, 3.8) is 0 Å². The lowest BCUT2D eigenvalue weighted by atomic mass is 10.1. The summed E-state index contributed by atoms with van der Waals surface area (Å²) in [5, 5.41) is 1.07. The van der Waals surface area contributed by atoms with Crippen molar-refractivity contribution >= 4 is 21.6 Å². The van der Waals surface area contributed by atoms with Crippen molar-refractivity contribution in [3.05, 3.63) is 59.2 Å². The van der Waals surface area contributed by atoms with E-state index < -0.39 is 10.0 Å². The molecule has 7 heteroatoms. The van der Waals surface area contributed by atoms with Crippen molar-refractivity contribution in [3.8, 4) is 0 Å². The monoisotopic (exact) mass is 348 g/mol. The van der Waals surface area contributed by atoms with Crippen molar-refractivity contribution < 1.29 is 18.0 Å². The van der Waals surface area contributed by atoms with Gasteiger partial charge >= 0.3 is 0 Å². The fourth-order valence-corrected chi connectivity index (χ4v) is 3.23. The summed E-state index contributed by atoms with van der Waals surface area (Å²) >= 11 is 0. The first kappa shape index (κ1) is 18.0. The molecule has 0 atom stereocenters. The normalized spacial score (nSPS) is 11.2. The van der Waals surface area contributed by atoms with Gasteiger partial charge in [-0.05, 0) is 55.3 Å². The van der Waals surface area contributed by atoms with E-state index in [1.807, 2.05) is 19.9 Å². The molecule has 2 aromatic rings. The fourth-order valence-electron chi connectivity index (χ4n) is 2.11. The Bertz CT molecular complexity index is 845. The number of hydroxylamine groups is 2. The van der Waals surface area contributed by atoms with Crippen molar-refractivity contribution in [2.45, 2.75) is 18.7 Å². The summed E-state index contributed by atoms with van der Waals surface area (Å²) in [4.78, 5) is 16.8. The van der Waals surface area contributed by atoms with E-state index in [0.717, 1.165) is 16.2 Å². The van der Waals surface area contributed by atoms with Crippen molar-refractivity contribution in [1.82, 2.24) is 5.06 Å². The first-order chi connectivity index (χ1) is 11.3.